The van der Waals surface area contributed by atoms with E-state index in [4.69, 9.17) is 24.6 Å². The van der Waals surface area contributed by atoms with Crippen LogP contribution in [0.25, 0.3) is 11.2 Å². The number of nitrogens with zero attached hydrogens (tertiary/aromatic N) is 4. The maximum atomic E-state index is 12.7. The summed E-state index contributed by atoms with van der Waals surface area (Å²) in [6.45, 7) is 0.418. The summed E-state index contributed by atoms with van der Waals surface area (Å²) in [5.41, 5.74) is 4.24. The fraction of sp³-hybridized carbons (Fsp3) is 0.656. The summed E-state index contributed by atoms with van der Waals surface area (Å²) in [6.07, 6.45) is 0.938. The van der Waals surface area contributed by atoms with Crippen LogP contribution in [0.3, 0.4) is 0 Å². The zero-order chi connectivity index (χ0) is 46.3. The van der Waals surface area contributed by atoms with Gasteiger partial charge in [-0.05, 0) is 32.1 Å². The molecule has 1 aliphatic rings. The van der Waals surface area contributed by atoms with Gasteiger partial charge in [-0.2, -0.15) is 4.31 Å². The van der Waals surface area contributed by atoms with Crippen molar-refractivity contribution in [3.63, 3.8) is 0 Å². The number of allylic oxidation sites excluding steroid dienone is 2. The van der Waals surface area contributed by atoms with Crippen LogP contribution in [0.15, 0.2) is 24.8 Å². The average Bonchev–Trinajstić information content (AvgIpc) is 3.73. The van der Waals surface area contributed by atoms with Crippen LogP contribution in [0.5, 0.6) is 0 Å². The van der Waals surface area contributed by atoms with Crippen molar-refractivity contribution in [1.29, 1.82) is 0 Å². The molecule has 2 aromatic rings. The second kappa shape index (κ2) is 24.2. The van der Waals surface area contributed by atoms with E-state index < -0.39 is 90.5 Å². The number of imidazole rings is 1. The summed E-state index contributed by atoms with van der Waals surface area (Å²) < 4.78 is 62.2. The molecule has 2 amide bonds. The molecule has 1 aliphatic heterocycles. The van der Waals surface area contributed by atoms with Crippen LogP contribution < -0.4 is 16.4 Å². The van der Waals surface area contributed by atoms with Crippen molar-refractivity contribution in [2.24, 2.45) is 5.41 Å². The van der Waals surface area contributed by atoms with E-state index >= 15 is 0 Å². The van der Waals surface area contributed by atoms with Crippen LogP contribution in [0, 0.1) is 5.41 Å². The molecular weight excluding hydrogens is 911 g/mol. The number of amides is 2. The Balaban J connectivity index is 1.38. The lowest BCUT2D eigenvalue weighted by Gasteiger charge is -2.30. The molecule has 2 aromatic heterocycles. The number of phosphoric acid groups is 3. The molecular formula is C32H52N7O19P3S. The number of aliphatic carboxylic acids is 1. The highest BCUT2D eigenvalue weighted by Gasteiger charge is 2.50. The average molecular weight is 964 g/mol. The van der Waals surface area contributed by atoms with Crippen LogP contribution in [0.1, 0.15) is 71.4 Å². The van der Waals surface area contributed by atoms with Gasteiger partial charge in [-0.15, -0.1) is 0 Å². The van der Waals surface area contributed by atoms with E-state index in [-0.39, 0.29) is 48.0 Å². The molecule has 3 rings (SSSR count). The summed E-state index contributed by atoms with van der Waals surface area (Å²) in [6, 6.07) is 0. The predicted molar refractivity (Wildman–Crippen MR) is 216 cm³/mol. The van der Waals surface area contributed by atoms with Gasteiger partial charge in [-0.25, -0.2) is 28.6 Å². The summed E-state index contributed by atoms with van der Waals surface area (Å²) in [5, 5.41) is 35.0. The van der Waals surface area contributed by atoms with Gasteiger partial charge in [0.15, 0.2) is 22.8 Å². The molecule has 0 spiro atoms. The first kappa shape index (κ1) is 53.1. The van der Waals surface area contributed by atoms with Gasteiger partial charge in [0, 0.05) is 43.5 Å². The highest BCUT2D eigenvalue weighted by molar-refractivity contribution is 8.13. The van der Waals surface area contributed by atoms with Crippen molar-refractivity contribution in [1.82, 2.24) is 30.2 Å². The van der Waals surface area contributed by atoms with Crippen LogP contribution in [-0.4, -0.2) is 134 Å². The second-order valence-electron chi connectivity index (χ2n) is 14.3. The number of ether oxygens (including phenoxy) is 1. The Morgan fingerprint density at radius 1 is 0.968 bits per heavy atom. The smallest absolute Gasteiger partial charge is 0.481 e. The van der Waals surface area contributed by atoms with E-state index in [1.54, 1.807) is 0 Å². The largest absolute Gasteiger partial charge is 0.481 e. The molecule has 0 radical (unpaired) electrons. The molecule has 3 heterocycles. The van der Waals surface area contributed by atoms with Gasteiger partial charge in [0.2, 0.25) is 11.8 Å². The number of nitrogens with one attached hydrogen (secondary N) is 2. The number of thioether (sulfide) groups is 1. The number of carbonyl (C=O) groups is 4. The van der Waals surface area contributed by atoms with E-state index in [1.807, 2.05) is 12.2 Å². The zero-order valence-electron chi connectivity index (χ0n) is 33.5. The number of nitrogens with two attached hydrogens (primary N) is 1. The third-order valence-electron chi connectivity index (χ3n) is 8.69. The molecule has 0 aliphatic carbocycles. The Bertz CT molecular complexity index is 2020. The Kier molecular flexibility index (Phi) is 20.7. The van der Waals surface area contributed by atoms with E-state index in [9.17, 15) is 62.7 Å². The van der Waals surface area contributed by atoms with Gasteiger partial charge in [-0.1, -0.05) is 37.8 Å². The number of nitrogen functional groups attached to an aromatic ring is 1. The number of carbonyl (C=O) groups excluding carboxylic acids is 3. The number of carboxylic acid groups (broad SMARTS) is 1. The standard InChI is InChI=1S/C32H52N7O19P3S/c1-32(2,27(45)30(46)35-13-12-21(40)34-14-15-62-23(43)11-9-7-5-3-4-6-8-10-22(41)42)17-55-61(52,53)58-60(50,51)54-16-20-26(57-59(47,48)49)25(44)31(56-20)39-19-38-24-28(33)36-18-37-29(24)39/h3-4,18-20,25-27,31,44-45H,5-17H2,1-2H3,(H,34,40)(H,35,46)(H,41,42)(H,50,51)(H,52,53)(H2,33,36,37)(H2,47,48,49)/b4-3+. The molecule has 30 heteroatoms. The first-order chi connectivity index (χ1) is 28.9. The molecule has 7 atom stereocenters. The van der Waals surface area contributed by atoms with Crippen LogP contribution in [0.4, 0.5) is 5.82 Å². The summed E-state index contributed by atoms with van der Waals surface area (Å²) in [5.74, 6) is -1.99. The molecule has 350 valence electrons. The van der Waals surface area contributed by atoms with Crippen LogP contribution in [-0.2, 0) is 55.5 Å². The van der Waals surface area contributed by atoms with Crippen molar-refractivity contribution in [2.45, 2.75) is 95.9 Å². The number of phosphoric ester groups is 3. The van der Waals surface area contributed by atoms with Crippen molar-refractivity contribution in [2.75, 3.05) is 37.8 Å². The molecule has 0 aromatic carbocycles. The lowest BCUT2D eigenvalue weighted by molar-refractivity contribution is -0.137. The topological polar surface area (TPSA) is 401 Å². The molecule has 0 bridgehead atoms. The number of rotatable bonds is 28. The molecule has 1 saturated heterocycles. The number of unbranched alkanes of at least 4 members (excludes halogenated alkanes) is 3. The van der Waals surface area contributed by atoms with E-state index in [0.717, 1.165) is 41.8 Å². The van der Waals surface area contributed by atoms with Gasteiger partial charge in [0.05, 0.1) is 19.5 Å². The summed E-state index contributed by atoms with van der Waals surface area (Å²) in [4.78, 5) is 98.4. The second-order valence-corrected chi connectivity index (χ2v) is 19.7. The third-order valence-corrected chi connectivity index (χ3v) is 12.7. The summed E-state index contributed by atoms with van der Waals surface area (Å²) in [7, 11) is -16.4. The number of aromatic nitrogens is 4. The molecule has 62 heavy (non-hydrogen) atoms. The highest BCUT2D eigenvalue weighted by atomic mass is 32.2. The Morgan fingerprint density at radius 3 is 2.32 bits per heavy atom. The highest BCUT2D eigenvalue weighted by Crippen LogP contribution is 2.61. The van der Waals surface area contributed by atoms with Crippen molar-refractivity contribution in [3.8, 4) is 0 Å². The Labute approximate surface area is 358 Å². The minimum Gasteiger partial charge on any atom is -0.481 e. The molecule has 26 nitrogen and oxygen atoms in total. The fourth-order valence-corrected chi connectivity index (χ4v) is 9.06. The number of hydrogen-bond donors (Lipinski definition) is 10. The minimum atomic E-state index is -5.58. The van der Waals surface area contributed by atoms with Crippen molar-refractivity contribution in [3.05, 3.63) is 24.8 Å². The first-order valence-electron chi connectivity index (χ1n) is 18.8. The number of fused-ring (bicyclic) bond motifs is 1. The van der Waals surface area contributed by atoms with Crippen molar-refractivity contribution < 1.29 is 90.4 Å². The van der Waals surface area contributed by atoms with Gasteiger partial charge in [0.1, 0.15) is 36.3 Å². The maximum absolute atomic E-state index is 12.7. The van der Waals surface area contributed by atoms with Crippen LogP contribution in [0.2, 0.25) is 0 Å². The fourth-order valence-electron chi connectivity index (χ4n) is 5.51. The number of anilines is 1. The Hall–Kier alpha value is -3.23. The van der Waals surface area contributed by atoms with Crippen molar-refractivity contribution >= 4 is 75.1 Å². The van der Waals surface area contributed by atoms with E-state index in [2.05, 4.69) is 34.4 Å². The number of carboxylic acids is 1. The molecule has 11 N–H and O–H groups in total. The predicted octanol–water partition coefficient (Wildman–Crippen LogP) is 1.04. The minimum absolute atomic E-state index is 0.0243. The van der Waals surface area contributed by atoms with Gasteiger partial charge >= 0.3 is 29.4 Å². The van der Waals surface area contributed by atoms with E-state index in [1.165, 1.54) is 13.8 Å². The molecule has 7 unspecified atom stereocenters. The van der Waals surface area contributed by atoms with Gasteiger partial charge in [-0.3, -0.25) is 37.3 Å². The lowest BCUT2D eigenvalue weighted by atomic mass is 9.87. The molecule has 0 saturated carbocycles. The number of aliphatic hydroxyl groups is 2. The third kappa shape index (κ3) is 18.1. The molecule has 1 fully saturated rings. The van der Waals surface area contributed by atoms with E-state index in [0.29, 0.717) is 31.4 Å². The number of aliphatic hydroxyl groups excluding tert-OH is 2. The SMILES string of the molecule is CC(C)(COP(=O)(O)OP(=O)(O)OCC1OC(n2cnc3c(N)ncnc32)C(O)C1OP(=O)(O)O)C(O)C(=O)NCCC(=O)NCCSC(=O)CCCC/C=C/CCCC(=O)O. The maximum Gasteiger partial charge on any atom is 0.481 e. The zero-order valence-corrected chi connectivity index (χ0v) is 37.0. The summed E-state index contributed by atoms with van der Waals surface area (Å²) >= 11 is 1.07. The first-order valence-corrected chi connectivity index (χ1v) is 24.3. The van der Waals surface area contributed by atoms with Crippen LogP contribution >= 0.6 is 35.2 Å². The monoisotopic (exact) mass is 963 g/mol. The normalized spacial score (nSPS) is 20.8. The quantitative estimate of drug-likeness (QED) is 0.0323. The lowest BCUT2D eigenvalue weighted by Crippen LogP contribution is -2.46. The number of hydrogen-bond acceptors (Lipinski definition) is 19. The van der Waals surface area contributed by atoms with Gasteiger partial charge in [0.25, 0.3) is 0 Å². The Morgan fingerprint density at radius 2 is 1.65 bits per heavy atom. The van der Waals surface area contributed by atoms with Gasteiger partial charge < -0.3 is 56.0 Å².